The molecule has 0 aliphatic rings. The SMILES string of the molecule is C=CCn1c(SCCCC)nnc1-c1ccccc1. The first-order valence-electron chi connectivity index (χ1n) is 6.59. The van der Waals surface area contributed by atoms with E-state index in [-0.39, 0.29) is 0 Å². The normalized spacial score (nSPS) is 10.6. The van der Waals surface area contributed by atoms with E-state index in [9.17, 15) is 0 Å². The van der Waals surface area contributed by atoms with E-state index >= 15 is 0 Å². The van der Waals surface area contributed by atoms with Crippen LogP contribution in [0.25, 0.3) is 11.4 Å². The lowest BCUT2D eigenvalue weighted by Gasteiger charge is -2.07. The molecule has 0 fully saturated rings. The van der Waals surface area contributed by atoms with Crippen LogP contribution in [0.5, 0.6) is 0 Å². The summed E-state index contributed by atoms with van der Waals surface area (Å²) in [6.45, 7) is 6.76. The second kappa shape index (κ2) is 7.14. The summed E-state index contributed by atoms with van der Waals surface area (Å²) in [4.78, 5) is 0. The summed E-state index contributed by atoms with van der Waals surface area (Å²) >= 11 is 1.77. The van der Waals surface area contributed by atoms with Crippen molar-refractivity contribution in [2.24, 2.45) is 0 Å². The second-order valence-electron chi connectivity index (χ2n) is 4.27. The molecule has 100 valence electrons. The highest BCUT2D eigenvalue weighted by Crippen LogP contribution is 2.24. The number of thioether (sulfide) groups is 1. The standard InChI is InChI=1S/C15H19N3S/c1-3-5-12-19-15-17-16-14(18(15)11-4-2)13-9-7-6-8-10-13/h4,6-10H,2-3,5,11-12H2,1H3. The molecule has 0 aliphatic heterocycles. The van der Waals surface area contributed by atoms with Gasteiger partial charge in [0.1, 0.15) is 0 Å². The molecule has 0 N–H and O–H groups in total. The van der Waals surface area contributed by atoms with E-state index in [2.05, 4.69) is 40.4 Å². The molecule has 0 radical (unpaired) electrons. The van der Waals surface area contributed by atoms with E-state index in [0.29, 0.717) is 0 Å². The highest BCUT2D eigenvalue weighted by atomic mass is 32.2. The van der Waals surface area contributed by atoms with Gasteiger partial charge in [0, 0.05) is 17.9 Å². The van der Waals surface area contributed by atoms with E-state index in [1.807, 2.05) is 24.3 Å². The Kier molecular flexibility index (Phi) is 5.21. The first-order chi connectivity index (χ1) is 9.36. The molecule has 0 aliphatic carbocycles. The Morgan fingerprint density at radius 1 is 1.26 bits per heavy atom. The van der Waals surface area contributed by atoms with Gasteiger partial charge in [0.15, 0.2) is 11.0 Å². The van der Waals surface area contributed by atoms with E-state index in [4.69, 9.17) is 0 Å². The van der Waals surface area contributed by atoms with Crippen LogP contribution in [0.4, 0.5) is 0 Å². The monoisotopic (exact) mass is 273 g/mol. The minimum absolute atomic E-state index is 0.742. The molecule has 0 atom stereocenters. The molecule has 1 aromatic carbocycles. The van der Waals surface area contributed by atoms with Crippen molar-refractivity contribution in [1.82, 2.24) is 14.8 Å². The predicted octanol–water partition coefficient (Wildman–Crippen LogP) is 4.02. The van der Waals surface area contributed by atoms with E-state index < -0.39 is 0 Å². The van der Waals surface area contributed by atoms with E-state index in [1.165, 1.54) is 12.8 Å². The fraction of sp³-hybridized carbons (Fsp3) is 0.333. The van der Waals surface area contributed by atoms with Gasteiger partial charge in [-0.2, -0.15) is 0 Å². The van der Waals surface area contributed by atoms with Crippen molar-refractivity contribution in [3.63, 3.8) is 0 Å². The van der Waals surface area contributed by atoms with E-state index in [1.54, 1.807) is 11.8 Å². The Morgan fingerprint density at radius 2 is 2.05 bits per heavy atom. The van der Waals surface area contributed by atoms with Gasteiger partial charge in [0.25, 0.3) is 0 Å². The molecule has 19 heavy (non-hydrogen) atoms. The fourth-order valence-electron chi connectivity index (χ4n) is 1.80. The van der Waals surface area contributed by atoms with Crippen LogP contribution < -0.4 is 0 Å². The van der Waals surface area contributed by atoms with Gasteiger partial charge in [-0.3, -0.25) is 4.57 Å². The summed E-state index contributed by atoms with van der Waals surface area (Å²) in [7, 11) is 0. The Balaban J connectivity index is 2.26. The zero-order valence-electron chi connectivity index (χ0n) is 11.2. The lowest BCUT2D eigenvalue weighted by atomic mass is 10.2. The Labute approximate surface area is 118 Å². The highest BCUT2D eigenvalue weighted by molar-refractivity contribution is 7.99. The summed E-state index contributed by atoms with van der Waals surface area (Å²) in [5.74, 6) is 2.00. The first-order valence-corrected chi connectivity index (χ1v) is 7.57. The highest BCUT2D eigenvalue weighted by Gasteiger charge is 2.12. The average Bonchev–Trinajstić information content (AvgIpc) is 2.84. The topological polar surface area (TPSA) is 30.7 Å². The van der Waals surface area contributed by atoms with Crippen molar-refractivity contribution in [2.45, 2.75) is 31.5 Å². The van der Waals surface area contributed by atoms with Crippen LogP contribution in [0.15, 0.2) is 48.1 Å². The molecular formula is C15H19N3S. The van der Waals surface area contributed by atoms with Crippen LogP contribution >= 0.6 is 11.8 Å². The van der Waals surface area contributed by atoms with Crippen molar-refractivity contribution in [3.8, 4) is 11.4 Å². The summed E-state index contributed by atoms with van der Waals surface area (Å²) in [6, 6.07) is 10.2. The lowest BCUT2D eigenvalue weighted by molar-refractivity contribution is 0.730. The number of hydrogen-bond acceptors (Lipinski definition) is 3. The van der Waals surface area contributed by atoms with Crippen LogP contribution in [0, 0.1) is 0 Å². The summed E-state index contributed by atoms with van der Waals surface area (Å²) < 4.78 is 2.13. The number of hydrogen-bond donors (Lipinski definition) is 0. The summed E-state index contributed by atoms with van der Waals surface area (Å²) in [6.07, 6.45) is 4.29. The van der Waals surface area contributed by atoms with Gasteiger partial charge in [-0.25, -0.2) is 0 Å². The van der Waals surface area contributed by atoms with Gasteiger partial charge in [-0.1, -0.05) is 61.5 Å². The molecule has 4 heteroatoms. The molecule has 0 bridgehead atoms. The zero-order valence-corrected chi connectivity index (χ0v) is 12.1. The van der Waals surface area contributed by atoms with Crippen LogP contribution in [-0.2, 0) is 6.54 Å². The first kappa shape index (κ1) is 13.9. The third-order valence-corrected chi connectivity index (χ3v) is 3.84. The van der Waals surface area contributed by atoms with Crippen LogP contribution in [-0.4, -0.2) is 20.5 Å². The smallest absolute Gasteiger partial charge is 0.191 e. The molecule has 0 amide bonds. The molecule has 2 aromatic rings. The van der Waals surface area contributed by atoms with Gasteiger partial charge in [0.05, 0.1) is 0 Å². The number of rotatable bonds is 7. The van der Waals surface area contributed by atoms with Crippen molar-refractivity contribution in [2.75, 3.05) is 5.75 Å². The quantitative estimate of drug-likeness (QED) is 0.433. The third kappa shape index (κ3) is 3.47. The number of unbranched alkanes of at least 4 members (excludes halogenated alkanes) is 1. The Hall–Kier alpha value is -1.55. The molecule has 0 saturated heterocycles. The van der Waals surface area contributed by atoms with Gasteiger partial charge in [0.2, 0.25) is 0 Å². The van der Waals surface area contributed by atoms with Crippen LogP contribution in [0.3, 0.4) is 0 Å². The van der Waals surface area contributed by atoms with Gasteiger partial charge >= 0.3 is 0 Å². The molecule has 3 nitrogen and oxygen atoms in total. The number of nitrogens with zero attached hydrogens (tertiary/aromatic N) is 3. The van der Waals surface area contributed by atoms with Crippen molar-refractivity contribution >= 4 is 11.8 Å². The molecule has 2 rings (SSSR count). The minimum Gasteiger partial charge on any atom is -0.298 e. The molecule has 0 unspecified atom stereocenters. The largest absolute Gasteiger partial charge is 0.298 e. The average molecular weight is 273 g/mol. The zero-order chi connectivity index (χ0) is 13.5. The summed E-state index contributed by atoms with van der Waals surface area (Å²) in [5, 5.41) is 9.62. The Morgan fingerprint density at radius 3 is 2.74 bits per heavy atom. The predicted molar refractivity (Wildman–Crippen MR) is 81.3 cm³/mol. The number of aromatic nitrogens is 3. The molecule has 1 aromatic heterocycles. The molecule has 0 spiro atoms. The van der Waals surface area contributed by atoms with Crippen LogP contribution in [0.1, 0.15) is 19.8 Å². The molecular weight excluding hydrogens is 254 g/mol. The maximum absolute atomic E-state index is 4.33. The van der Waals surface area contributed by atoms with Crippen molar-refractivity contribution < 1.29 is 0 Å². The molecule has 1 heterocycles. The van der Waals surface area contributed by atoms with Crippen molar-refractivity contribution in [1.29, 1.82) is 0 Å². The Bertz CT molecular complexity index is 519. The van der Waals surface area contributed by atoms with Gasteiger partial charge < -0.3 is 0 Å². The maximum atomic E-state index is 4.33. The molecule has 0 saturated carbocycles. The fourth-order valence-corrected chi connectivity index (χ4v) is 2.83. The number of allylic oxidation sites excluding steroid dienone is 1. The maximum Gasteiger partial charge on any atom is 0.191 e. The third-order valence-electron chi connectivity index (χ3n) is 2.79. The second-order valence-corrected chi connectivity index (χ2v) is 5.34. The minimum atomic E-state index is 0.742. The van der Waals surface area contributed by atoms with Gasteiger partial charge in [-0.05, 0) is 6.42 Å². The lowest BCUT2D eigenvalue weighted by Crippen LogP contribution is -2.00. The van der Waals surface area contributed by atoms with Crippen LogP contribution in [0.2, 0.25) is 0 Å². The van der Waals surface area contributed by atoms with E-state index in [0.717, 1.165) is 28.8 Å². The van der Waals surface area contributed by atoms with Gasteiger partial charge in [-0.15, -0.1) is 16.8 Å². The van der Waals surface area contributed by atoms with Crippen molar-refractivity contribution in [3.05, 3.63) is 43.0 Å². The number of benzene rings is 1. The summed E-state index contributed by atoms with van der Waals surface area (Å²) in [5.41, 5.74) is 1.10.